The first-order valence-corrected chi connectivity index (χ1v) is 3.82. The van der Waals surface area contributed by atoms with E-state index in [0.717, 1.165) is 26.1 Å². The average molecular weight is 147 g/mol. The molecule has 0 aromatic heterocycles. The smallest absolute Gasteiger partial charge is 0.00369 e. The molecule has 0 heterocycles. The Morgan fingerprint density at radius 1 is 1.20 bits per heavy atom. The summed E-state index contributed by atoms with van der Waals surface area (Å²) in [4.78, 5) is 0. The molecule has 0 amide bonds. The normalized spacial score (nSPS) is 9.00. The van der Waals surface area contributed by atoms with Crippen molar-refractivity contribution in [2.45, 2.75) is 26.2 Å². The zero-order valence-corrected chi connectivity index (χ0v) is 7.03. The van der Waals surface area contributed by atoms with Gasteiger partial charge in [-0.25, -0.2) is 0 Å². The van der Waals surface area contributed by atoms with Crippen LogP contribution in [0.5, 0.6) is 0 Å². The van der Waals surface area contributed by atoms with E-state index < -0.39 is 0 Å². The van der Waals surface area contributed by atoms with E-state index >= 15 is 0 Å². The maximum Gasteiger partial charge on any atom is -0.00369 e. The second-order valence-electron chi connectivity index (χ2n) is 2.25. The molecular formula is C7H21N3. The summed E-state index contributed by atoms with van der Waals surface area (Å²) in [5.41, 5.74) is 5.30. The molecule has 0 bridgehead atoms. The van der Waals surface area contributed by atoms with Crippen LogP contribution in [-0.4, -0.2) is 19.6 Å². The van der Waals surface area contributed by atoms with Gasteiger partial charge in [-0.2, -0.15) is 0 Å². The fourth-order valence-electron chi connectivity index (χ4n) is 0.654. The third-order valence-electron chi connectivity index (χ3n) is 1.26. The number of hydrogen-bond acceptors (Lipinski definition) is 3. The minimum atomic E-state index is 0. The van der Waals surface area contributed by atoms with Gasteiger partial charge in [-0.3, -0.25) is 0 Å². The minimum Gasteiger partial charge on any atom is -0.344 e. The van der Waals surface area contributed by atoms with E-state index in [1.165, 1.54) is 12.8 Å². The predicted molar refractivity (Wildman–Crippen MR) is 46.5 cm³/mol. The molecule has 0 aliphatic rings. The first-order valence-electron chi connectivity index (χ1n) is 3.82. The summed E-state index contributed by atoms with van der Waals surface area (Å²) in [6.45, 7) is 5.23. The van der Waals surface area contributed by atoms with Gasteiger partial charge in [0.05, 0.1) is 0 Å². The number of hydrogen-bond donors (Lipinski definition) is 3. The molecule has 64 valence electrons. The molecule has 10 heavy (non-hydrogen) atoms. The third-order valence-corrected chi connectivity index (χ3v) is 1.26. The Balaban J connectivity index is 0. The van der Waals surface area contributed by atoms with Gasteiger partial charge in [0.2, 0.25) is 0 Å². The van der Waals surface area contributed by atoms with Crippen LogP contribution >= 0.6 is 0 Å². The minimum absolute atomic E-state index is 0. The zero-order chi connectivity index (χ0) is 6.95. The lowest BCUT2D eigenvalue weighted by Gasteiger charge is -1.99. The van der Waals surface area contributed by atoms with Crippen LogP contribution in [0.1, 0.15) is 26.2 Å². The molecule has 0 aliphatic carbocycles. The van der Waals surface area contributed by atoms with Gasteiger partial charge < -0.3 is 17.2 Å². The molecule has 0 atom stereocenters. The molecular weight excluding hydrogens is 126 g/mol. The van der Waals surface area contributed by atoms with Gasteiger partial charge in [0.25, 0.3) is 0 Å². The standard InChI is InChI=1S/C7H18N2.H3N/c1-2-3-6-9-7-4-5-8;/h9H,2-8H2,1H3;1H3. The molecule has 6 N–H and O–H groups in total. The highest BCUT2D eigenvalue weighted by atomic mass is 14.8. The van der Waals surface area contributed by atoms with Crippen LogP contribution in [-0.2, 0) is 0 Å². The highest BCUT2D eigenvalue weighted by molar-refractivity contribution is 4.46. The van der Waals surface area contributed by atoms with Crippen molar-refractivity contribution >= 4 is 0 Å². The SMILES string of the molecule is CCCCNCCCN.N. The van der Waals surface area contributed by atoms with E-state index in [9.17, 15) is 0 Å². The third kappa shape index (κ3) is 10.8. The van der Waals surface area contributed by atoms with Crippen molar-refractivity contribution in [3.05, 3.63) is 0 Å². The first kappa shape index (κ1) is 12.5. The van der Waals surface area contributed by atoms with Crippen molar-refractivity contribution in [1.29, 1.82) is 0 Å². The van der Waals surface area contributed by atoms with Gasteiger partial charge in [0.1, 0.15) is 0 Å². The Bertz CT molecular complexity index is 42.1. The number of rotatable bonds is 6. The van der Waals surface area contributed by atoms with Crippen molar-refractivity contribution in [2.24, 2.45) is 5.73 Å². The van der Waals surface area contributed by atoms with E-state index in [1.807, 2.05) is 0 Å². The molecule has 0 rings (SSSR count). The average Bonchev–Trinajstić information content (AvgIpc) is 1.89. The molecule has 0 saturated heterocycles. The van der Waals surface area contributed by atoms with Gasteiger partial charge in [0, 0.05) is 0 Å². The van der Waals surface area contributed by atoms with Crippen LogP contribution < -0.4 is 17.2 Å². The molecule has 0 spiro atoms. The molecule has 0 saturated carbocycles. The Labute approximate surface area is 64.0 Å². The van der Waals surface area contributed by atoms with Crippen LogP contribution in [0, 0.1) is 0 Å². The predicted octanol–water partition coefficient (Wildman–Crippen LogP) is 0.887. The van der Waals surface area contributed by atoms with Crippen molar-refractivity contribution in [2.75, 3.05) is 19.6 Å². The fourth-order valence-corrected chi connectivity index (χ4v) is 0.654. The molecule has 0 unspecified atom stereocenters. The number of nitrogens with one attached hydrogen (secondary N) is 1. The van der Waals surface area contributed by atoms with Crippen LogP contribution in [0.25, 0.3) is 0 Å². The highest BCUT2D eigenvalue weighted by Crippen LogP contribution is 1.81. The van der Waals surface area contributed by atoms with E-state index in [1.54, 1.807) is 0 Å². The summed E-state index contributed by atoms with van der Waals surface area (Å²) in [5.74, 6) is 0. The van der Waals surface area contributed by atoms with Gasteiger partial charge in [0.15, 0.2) is 0 Å². The molecule has 0 fully saturated rings. The Morgan fingerprint density at radius 3 is 2.30 bits per heavy atom. The van der Waals surface area contributed by atoms with Crippen molar-refractivity contribution in [3.8, 4) is 0 Å². The number of unbranched alkanes of at least 4 members (excludes halogenated alkanes) is 1. The Morgan fingerprint density at radius 2 is 1.80 bits per heavy atom. The summed E-state index contributed by atoms with van der Waals surface area (Å²) in [6.07, 6.45) is 3.66. The molecule has 0 radical (unpaired) electrons. The van der Waals surface area contributed by atoms with Crippen molar-refractivity contribution in [1.82, 2.24) is 11.5 Å². The second kappa shape index (κ2) is 11.6. The van der Waals surface area contributed by atoms with E-state index in [-0.39, 0.29) is 6.15 Å². The lowest BCUT2D eigenvalue weighted by molar-refractivity contribution is 0.621. The molecule has 0 aliphatic heterocycles. The van der Waals surface area contributed by atoms with Gasteiger partial charge in [-0.15, -0.1) is 0 Å². The summed E-state index contributed by atoms with van der Waals surface area (Å²) >= 11 is 0. The van der Waals surface area contributed by atoms with E-state index in [0.29, 0.717) is 0 Å². The van der Waals surface area contributed by atoms with Crippen LogP contribution in [0.3, 0.4) is 0 Å². The second-order valence-corrected chi connectivity index (χ2v) is 2.25. The summed E-state index contributed by atoms with van der Waals surface area (Å²) in [5, 5.41) is 3.31. The largest absolute Gasteiger partial charge is 0.344 e. The molecule has 0 aromatic rings. The Hall–Kier alpha value is -0.120. The molecule has 3 nitrogen and oxygen atoms in total. The maximum atomic E-state index is 5.30. The topological polar surface area (TPSA) is 73.0 Å². The van der Waals surface area contributed by atoms with Crippen molar-refractivity contribution in [3.63, 3.8) is 0 Å². The van der Waals surface area contributed by atoms with Gasteiger partial charge >= 0.3 is 0 Å². The summed E-state index contributed by atoms with van der Waals surface area (Å²) < 4.78 is 0. The molecule has 0 aromatic carbocycles. The summed E-state index contributed by atoms with van der Waals surface area (Å²) in [7, 11) is 0. The quantitative estimate of drug-likeness (QED) is 0.488. The monoisotopic (exact) mass is 147 g/mol. The lowest BCUT2D eigenvalue weighted by atomic mass is 10.3. The Kier molecular flexibility index (Phi) is 14.6. The van der Waals surface area contributed by atoms with E-state index in [2.05, 4.69) is 12.2 Å². The number of nitrogens with two attached hydrogens (primary N) is 1. The fraction of sp³-hybridized carbons (Fsp3) is 1.00. The van der Waals surface area contributed by atoms with Gasteiger partial charge in [-0.1, -0.05) is 13.3 Å². The van der Waals surface area contributed by atoms with E-state index in [4.69, 9.17) is 5.73 Å². The first-order chi connectivity index (χ1) is 4.41. The molecule has 3 heteroatoms. The highest BCUT2D eigenvalue weighted by Gasteiger charge is 1.83. The van der Waals surface area contributed by atoms with Gasteiger partial charge in [-0.05, 0) is 32.5 Å². The lowest BCUT2D eigenvalue weighted by Crippen LogP contribution is -2.19. The van der Waals surface area contributed by atoms with Crippen LogP contribution in [0.15, 0.2) is 0 Å². The van der Waals surface area contributed by atoms with Crippen molar-refractivity contribution < 1.29 is 0 Å². The maximum absolute atomic E-state index is 5.30. The van der Waals surface area contributed by atoms with Crippen LogP contribution in [0.4, 0.5) is 0 Å². The summed E-state index contributed by atoms with van der Waals surface area (Å²) in [6, 6.07) is 0. The zero-order valence-electron chi connectivity index (χ0n) is 7.03. The van der Waals surface area contributed by atoms with Crippen LogP contribution in [0.2, 0.25) is 0 Å².